The minimum atomic E-state index is -4.06. The minimum Gasteiger partial charge on any atom is -0.497 e. The number of rotatable bonds is 7. The topological polar surface area (TPSA) is 113 Å². The zero-order chi connectivity index (χ0) is 25.0. The summed E-state index contributed by atoms with van der Waals surface area (Å²) in [4.78, 5) is 34.9. The lowest BCUT2D eigenvalue weighted by Crippen LogP contribution is -2.49. The second-order valence-electron chi connectivity index (χ2n) is 7.69. The van der Waals surface area contributed by atoms with E-state index in [2.05, 4.69) is 14.9 Å². The van der Waals surface area contributed by atoms with Gasteiger partial charge in [-0.05, 0) is 48.5 Å². The van der Waals surface area contributed by atoms with Crippen molar-refractivity contribution in [3.8, 4) is 5.75 Å². The molecule has 1 fully saturated rings. The van der Waals surface area contributed by atoms with Gasteiger partial charge in [-0.3, -0.25) is 9.59 Å². The van der Waals surface area contributed by atoms with E-state index in [1.165, 1.54) is 43.5 Å². The van der Waals surface area contributed by atoms with Gasteiger partial charge in [0, 0.05) is 31.9 Å². The van der Waals surface area contributed by atoms with Gasteiger partial charge < -0.3 is 19.5 Å². The lowest BCUT2D eigenvalue weighted by molar-refractivity contribution is -0.128. The maximum atomic E-state index is 13.1. The van der Waals surface area contributed by atoms with Crippen molar-refractivity contribution >= 4 is 33.2 Å². The number of halogens is 1. The number of ether oxygens (including phenoxy) is 1. The van der Waals surface area contributed by atoms with Crippen LogP contribution in [0.15, 0.2) is 74.5 Å². The van der Waals surface area contributed by atoms with E-state index < -0.39 is 20.3 Å². The lowest BCUT2D eigenvalue weighted by Gasteiger charge is -2.36. The molecule has 0 atom stereocenters. The second-order valence-corrected chi connectivity index (χ2v) is 10.6. The van der Waals surface area contributed by atoms with Crippen LogP contribution in [-0.4, -0.2) is 68.2 Å². The fourth-order valence-corrected chi connectivity index (χ4v) is 5.57. The van der Waals surface area contributed by atoms with Crippen LogP contribution in [0.3, 0.4) is 0 Å². The van der Waals surface area contributed by atoms with Gasteiger partial charge >= 0.3 is 0 Å². The van der Waals surface area contributed by atoms with Gasteiger partial charge in [-0.15, -0.1) is 0 Å². The summed E-state index contributed by atoms with van der Waals surface area (Å²) in [6.45, 7) is 2.27. The van der Waals surface area contributed by atoms with Crippen molar-refractivity contribution in [3.63, 3.8) is 0 Å². The molecule has 0 bridgehead atoms. The Morgan fingerprint density at radius 3 is 2.34 bits per heavy atom. The van der Waals surface area contributed by atoms with Gasteiger partial charge in [0.15, 0.2) is 10.1 Å². The smallest absolute Gasteiger partial charge is 0.270 e. The van der Waals surface area contributed by atoms with Crippen molar-refractivity contribution in [1.82, 2.24) is 14.9 Å². The summed E-state index contributed by atoms with van der Waals surface area (Å²) in [6, 6.07) is 11.9. The van der Waals surface area contributed by atoms with E-state index in [0.29, 0.717) is 31.9 Å². The van der Waals surface area contributed by atoms with Crippen molar-refractivity contribution in [2.24, 2.45) is 0 Å². The van der Waals surface area contributed by atoms with Crippen molar-refractivity contribution < 1.29 is 22.3 Å². The molecular formula is C23H23FN4O5S2. The number of piperazine rings is 1. The first-order valence-electron chi connectivity index (χ1n) is 10.7. The summed E-state index contributed by atoms with van der Waals surface area (Å²) in [5.74, 6) is 0.123. The first-order chi connectivity index (χ1) is 16.8. The quantitative estimate of drug-likeness (QED) is 0.374. The van der Waals surface area contributed by atoms with Crippen LogP contribution in [0.2, 0.25) is 0 Å². The molecule has 3 aromatic rings. The van der Waals surface area contributed by atoms with E-state index in [9.17, 15) is 22.4 Å². The predicted octanol–water partition coefficient (Wildman–Crippen LogP) is 2.19. The Bertz CT molecular complexity index is 1350. The van der Waals surface area contributed by atoms with Crippen LogP contribution in [0.1, 0.15) is 0 Å². The molecule has 2 heterocycles. The molecule has 0 radical (unpaired) electrons. The van der Waals surface area contributed by atoms with Crippen LogP contribution < -0.4 is 15.2 Å². The van der Waals surface area contributed by atoms with Crippen LogP contribution in [0.25, 0.3) is 0 Å². The zero-order valence-corrected chi connectivity index (χ0v) is 20.4. The van der Waals surface area contributed by atoms with Gasteiger partial charge in [-0.1, -0.05) is 11.8 Å². The highest BCUT2D eigenvalue weighted by Crippen LogP contribution is 2.22. The third-order valence-corrected chi connectivity index (χ3v) is 8.19. The molecule has 1 N–H and O–H groups in total. The van der Waals surface area contributed by atoms with E-state index in [1.807, 2.05) is 0 Å². The van der Waals surface area contributed by atoms with Gasteiger partial charge in [0.25, 0.3) is 5.56 Å². The number of nitrogens with zero attached hydrogens (tertiary/aromatic N) is 3. The van der Waals surface area contributed by atoms with Crippen LogP contribution in [0.5, 0.6) is 5.75 Å². The summed E-state index contributed by atoms with van der Waals surface area (Å²) >= 11 is 1.03. The molecule has 1 amide bonds. The van der Waals surface area contributed by atoms with E-state index in [-0.39, 0.29) is 27.5 Å². The molecule has 184 valence electrons. The molecule has 1 saturated heterocycles. The molecule has 4 rings (SSSR count). The number of carbonyl (C=O) groups excluding carboxylic acids is 1. The summed E-state index contributed by atoms with van der Waals surface area (Å²) < 4.78 is 43.7. The van der Waals surface area contributed by atoms with E-state index in [1.54, 1.807) is 17.0 Å². The maximum absolute atomic E-state index is 13.1. The monoisotopic (exact) mass is 518 g/mol. The largest absolute Gasteiger partial charge is 0.497 e. The summed E-state index contributed by atoms with van der Waals surface area (Å²) in [6.07, 6.45) is 1.01. The van der Waals surface area contributed by atoms with Crippen molar-refractivity contribution in [2.75, 3.05) is 43.9 Å². The average Bonchev–Trinajstić information content (AvgIpc) is 2.87. The zero-order valence-electron chi connectivity index (χ0n) is 18.8. The molecule has 1 aliphatic rings. The third kappa shape index (κ3) is 5.65. The minimum absolute atomic E-state index is 0.0457. The Hall–Kier alpha value is -3.38. The predicted molar refractivity (Wildman–Crippen MR) is 129 cm³/mol. The number of hydrogen-bond acceptors (Lipinski definition) is 8. The molecular weight excluding hydrogens is 495 g/mol. The molecule has 2 aromatic carbocycles. The Morgan fingerprint density at radius 1 is 1.09 bits per heavy atom. The highest BCUT2D eigenvalue weighted by Gasteiger charge is 2.24. The van der Waals surface area contributed by atoms with E-state index in [4.69, 9.17) is 4.74 Å². The molecule has 35 heavy (non-hydrogen) atoms. The summed E-state index contributed by atoms with van der Waals surface area (Å²) in [5.41, 5.74) is 0.0954. The Labute approximate surface area is 205 Å². The number of thioether (sulfide) groups is 1. The van der Waals surface area contributed by atoms with Crippen LogP contribution in [0.4, 0.5) is 10.1 Å². The SMILES string of the molecule is COc1ccc(S(=O)(=O)c2cnc(SCC(=O)N3CCN(c4ccc(F)cc4)CC3)[nH]c2=O)cc1. The number of sulfone groups is 1. The Kier molecular flexibility index (Phi) is 7.41. The number of aromatic amines is 1. The van der Waals surface area contributed by atoms with Gasteiger partial charge in [0.1, 0.15) is 11.6 Å². The number of amides is 1. The van der Waals surface area contributed by atoms with Crippen molar-refractivity contribution in [3.05, 3.63) is 70.9 Å². The molecule has 1 aliphatic heterocycles. The van der Waals surface area contributed by atoms with Crippen molar-refractivity contribution in [2.45, 2.75) is 14.9 Å². The highest BCUT2D eigenvalue weighted by atomic mass is 32.2. The number of nitrogens with one attached hydrogen (secondary N) is 1. The van der Waals surface area contributed by atoms with Gasteiger partial charge in [0.2, 0.25) is 15.7 Å². The van der Waals surface area contributed by atoms with Gasteiger partial charge in [0.05, 0.1) is 24.0 Å². The summed E-state index contributed by atoms with van der Waals surface area (Å²) in [7, 11) is -2.60. The highest BCUT2D eigenvalue weighted by molar-refractivity contribution is 7.99. The molecule has 0 spiro atoms. The third-order valence-electron chi connectivity index (χ3n) is 5.56. The fraction of sp³-hybridized carbons (Fsp3) is 0.261. The number of benzene rings is 2. The average molecular weight is 519 g/mol. The lowest BCUT2D eigenvalue weighted by atomic mass is 10.2. The maximum Gasteiger partial charge on any atom is 0.270 e. The molecule has 12 heteroatoms. The number of H-pyrrole nitrogens is 1. The first kappa shape index (κ1) is 24.7. The van der Waals surface area contributed by atoms with Crippen LogP contribution in [0, 0.1) is 5.82 Å². The van der Waals surface area contributed by atoms with Crippen LogP contribution in [-0.2, 0) is 14.6 Å². The number of hydrogen-bond donors (Lipinski definition) is 1. The Balaban J connectivity index is 1.34. The first-order valence-corrected chi connectivity index (χ1v) is 13.1. The number of anilines is 1. The molecule has 1 aromatic heterocycles. The normalized spacial score (nSPS) is 14.1. The van der Waals surface area contributed by atoms with E-state index >= 15 is 0 Å². The standard InChI is InChI=1S/C23H23FN4O5S2/c1-33-18-6-8-19(9-7-18)35(31,32)20-14-25-23(26-22(20)30)34-15-21(29)28-12-10-27(11-13-28)17-4-2-16(24)3-5-17/h2-9,14H,10-13,15H2,1H3,(H,25,26,30). The molecule has 0 aliphatic carbocycles. The molecule has 9 nitrogen and oxygen atoms in total. The van der Waals surface area contributed by atoms with Gasteiger partial charge in [-0.25, -0.2) is 17.8 Å². The Morgan fingerprint density at radius 2 is 1.74 bits per heavy atom. The van der Waals surface area contributed by atoms with Crippen LogP contribution >= 0.6 is 11.8 Å². The van der Waals surface area contributed by atoms with E-state index in [0.717, 1.165) is 23.6 Å². The van der Waals surface area contributed by atoms with Crippen molar-refractivity contribution in [1.29, 1.82) is 0 Å². The van der Waals surface area contributed by atoms with Gasteiger partial charge in [-0.2, -0.15) is 0 Å². The second kappa shape index (κ2) is 10.5. The number of aromatic nitrogens is 2. The number of methoxy groups -OCH3 is 1. The molecule has 0 saturated carbocycles. The number of carbonyl (C=O) groups is 1. The fourth-order valence-electron chi connectivity index (χ4n) is 3.60. The molecule has 0 unspecified atom stereocenters. The summed E-state index contributed by atoms with van der Waals surface area (Å²) in [5, 5.41) is 0.155.